The summed E-state index contributed by atoms with van der Waals surface area (Å²) in [6.07, 6.45) is 0. The fraction of sp³-hybridized carbons (Fsp3) is 0. The van der Waals surface area contributed by atoms with Crippen molar-refractivity contribution < 1.29 is 19.4 Å². The van der Waals surface area contributed by atoms with Gasteiger partial charge in [-0.1, -0.05) is 0 Å². The molecule has 1 N–H and O–H groups in total. The van der Waals surface area contributed by atoms with Gasteiger partial charge in [-0.15, -0.1) is 11.3 Å². The van der Waals surface area contributed by atoms with Crippen molar-refractivity contribution in [2.75, 3.05) is 0 Å². The molecule has 0 aliphatic rings. The van der Waals surface area contributed by atoms with Gasteiger partial charge in [-0.25, -0.2) is 4.79 Å². The molecule has 0 saturated heterocycles. The van der Waals surface area contributed by atoms with Crippen molar-refractivity contribution in [2.45, 2.75) is 0 Å². The van der Waals surface area contributed by atoms with Gasteiger partial charge in [0, 0.05) is 10.8 Å². The van der Waals surface area contributed by atoms with Crippen molar-refractivity contribution in [3.63, 3.8) is 0 Å². The zero-order valence-corrected chi connectivity index (χ0v) is 6.13. The Morgan fingerprint density at radius 2 is 2.36 bits per heavy atom. The molecule has 0 aliphatic heterocycles. The zero-order valence-electron chi connectivity index (χ0n) is 5.31. The molecule has 0 aromatic carbocycles. The second-order valence-corrected chi connectivity index (χ2v) is 2.41. The van der Waals surface area contributed by atoms with Crippen molar-refractivity contribution in [2.24, 2.45) is 0 Å². The SMILES string of the molecule is O=COc1cscc1C(=O)O. The van der Waals surface area contributed by atoms with Crippen molar-refractivity contribution in [1.29, 1.82) is 0 Å². The number of ether oxygens (including phenoxy) is 1. The summed E-state index contributed by atoms with van der Waals surface area (Å²) in [5.41, 5.74) is 0.0158. The van der Waals surface area contributed by atoms with Crippen molar-refractivity contribution in [1.82, 2.24) is 0 Å². The van der Waals surface area contributed by atoms with Gasteiger partial charge < -0.3 is 9.84 Å². The number of thiophene rings is 1. The molecule has 1 heterocycles. The second-order valence-electron chi connectivity index (χ2n) is 1.67. The third-order valence-corrected chi connectivity index (χ3v) is 1.75. The fourth-order valence-electron chi connectivity index (χ4n) is 0.584. The zero-order chi connectivity index (χ0) is 8.27. The predicted molar refractivity (Wildman–Crippen MR) is 38.0 cm³/mol. The summed E-state index contributed by atoms with van der Waals surface area (Å²) in [7, 11) is 0. The molecule has 0 amide bonds. The van der Waals surface area contributed by atoms with E-state index in [2.05, 4.69) is 4.74 Å². The van der Waals surface area contributed by atoms with Crippen LogP contribution in [0.5, 0.6) is 5.75 Å². The molecule has 0 aliphatic carbocycles. The normalized spacial score (nSPS) is 9.09. The summed E-state index contributed by atoms with van der Waals surface area (Å²) < 4.78 is 4.39. The van der Waals surface area contributed by atoms with Crippen LogP contribution in [-0.4, -0.2) is 17.5 Å². The van der Waals surface area contributed by atoms with E-state index in [-0.39, 0.29) is 17.8 Å². The van der Waals surface area contributed by atoms with E-state index in [1.165, 1.54) is 22.1 Å². The maximum atomic E-state index is 10.4. The molecular formula is C6H4O4S. The molecular weight excluding hydrogens is 168 g/mol. The summed E-state index contributed by atoms with van der Waals surface area (Å²) in [6.45, 7) is 0.203. The number of hydrogen-bond donors (Lipinski definition) is 1. The van der Waals surface area contributed by atoms with Gasteiger partial charge in [0.25, 0.3) is 6.47 Å². The molecule has 0 saturated carbocycles. The Bertz CT molecular complexity index is 278. The predicted octanol–water partition coefficient (Wildman–Crippen LogP) is 0.982. The van der Waals surface area contributed by atoms with Crippen LogP contribution in [-0.2, 0) is 4.79 Å². The van der Waals surface area contributed by atoms with Gasteiger partial charge in [-0.3, -0.25) is 4.79 Å². The maximum Gasteiger partial charge on any atom is 0.340 e. The van der Waals surface area contributed by atoms with Crippen molar-refractivity contribution >= 4 is 23.8 Å². The van der Waals surface area contributed by atoms with E-state index in [4.69, 9.17) is 5.11 Å². The minimum absolute atomic E-state index is 0.0158. The Labute approximate surface area is 66.0 Å². The standard InChI is InChI=1S/C6H4O4S/c7-3-10-5-2-11-1-4(5)6(8)9/h1-3H,(H,8,9). The molecule has 0 bridgehead atoms. The van der Waals surface area contributed by atoms with E-state index in [1.807, 2.05) is 0 Å². The fourth-order valence-corrected chi connectivity index (χ4v) is 1.31. The third kappa shape index (κ3) is 1.56. The monoisotopic (exact) mass is 172 g/mol. The van der Waals surface area contributed by atoms with Crippen molar-refractivity contribution in [3.05, 3.63) is 16.3 Å². The minimum atomic E-state index is -1.09. The molecule has 5 heteroatoms. The van der Waals surface area contributed by atoms with Crippen LogP contribution >= 0.6 is 11.3 Å². The average molecular weight is 172 g/mol. The summed E-state index contributed by atoms with van der Waals surface area (Å²) in [6, 6.07) is 0. The van der Waals surface area contributed by atoms with E-state index in [1.54, 1.807) is 0 Å². The number of carbonyl (C=O) groups excluding carboxylic acids is 1. The highest BCUT2D eigenvalue weighted by molar-refractivity contribution is 7.08. The Morgan fingerprint density at radius 3 is 2.91 bits per heavy atom. The smallest absolute Gasteiger partial charge is 0.340 e. The van der Waals surface area contributed by atoms with E-state index >= 15 is 0 Å². The molecule has 1 aromatic heterocycles. The number of carbonyl (C=O) groups is 2. The topological polar surface area (TPSA) is 63.6 Å². The molecule has 0 spiro atoms. The number of rotatable bonds is 3. The lowest BCUT2D eigenvalue weighted by atomic mass is 10.3. The minimum Gasteiger partial charge on any atom is -0.478 e. The first-order valence-electron chi connectivity index (χ1n) is 2.65. The molecule has 0 unspecified atom stereocenters. The van der Waals surface area contributed by atoms with E-state index in [0.717, 1.165) is 0 Å². The molecule has 0 radical (unpaired) electrons. The molecule has 4 nitrogen and oxygen atoms in total. The Morgan fingerprint density at radius 1 is 1.64 bits per heavy atom. The molecule has 1 aromatic rings. The highest BCUT2D eigenvalue weighted by Gasteiger charge is 2.11. The van der Waals surface area contributed by atoms with Crippen molar-refractivity contribution in [3.8, 4) is 5.75 Å². The van der Waals surface area contributed by atoms with Crippen LogP contribution in [0.1, 0.15) is 10.4 Å². The lowest BCUT2D eigenvalue weighted by Gasteiger charge is -1.93. The molecule has 0 atom stereocenters. The largest absolute Gasteiger partial charge is 0.478 e. The van der Waals surface area contributed by atoms with Gasteiger partial charge in [-0.2, -0.15) is 0 Å². The second kappa shape index (κ2) is 3.16. The quantitative estimate of drug-likeness (QED) is 0.690. The maximum absolute atomic E-state index is 10.4. The summed E-state index contributed by atoms with van der Waals surface area (Å²) >= 11 is 1.17. The molecule has 11 heavy (non-hydrogen) atoms. The van der Waals surface area contributed by atoms with Crippen LogP contribution < -0.4 is 4.74 Å². The van der Waals surface area contributed by atoms with Gasteiger partial charge in [-0.05, 0) is 0 Å². The van der Waals surface area contributed by atoms with E-state index in [9.17, 15) is 9.59 Å². The van der Waals surface area contributed by atoms with Gasteiger partial charge in [0.15, 0.2) is 5.75 Å². The Kier molecular flexibility index (Phi) is 2.22. The van der Waals surface area contributed by atoms with E-state index in [0.29, 0.717) is 0 Å². The third-order valence-electron chi connectivity index (χ3n) is 1.03. The number of aromatic carboxylic acids is 1. The van der Waals surface area contributed by atoms with Crippen LogP contribution in [0.25, 0.3) is 0 Å². The van der Waals surface area contributed by atoms with Gasteiger partial charge in [0.2, 0.25) is 0 Å². The molecule has 1 rings (SSSR count). The average Bonchev–Trinajstić information content (AvgIpc) is 2.36. The van der Waals surface area contributed by atoms with Crippen LogP contribution in [0.4, 0.5) is 0 Å². The van der Waals surface area contributed by atoms with Gasteiger partial charge >= 0.3 is 5.97 Å². The highest BCUT2D eigenvalue weighted by atomic mass is 32.1. The lowest BCUT2D eigenvalue weighted by Crippen LogP contribution is -1.98. The Hall–Kier alpha value is -1.36. The Balaban J connectivity index is 2.95. The number of hydrogen-bond acceptors (Lipinski definition) is 4. The first kappa shape index (κ1) is 7.74. The van der Waals surface area contributed by atoms with Crippen LogP contribution in [0, 0.1) is 0 Å². The number of carboxylic acid groups (broad SMARTS) is 1. The van der Waals surface area contributed by atoms with Gasteiger partial charge in [0.05, 0.1) is 0 Å². The highest BCUT2D eigenvalue weighted by Crippen LogP contribution is 2.22. The summed E-state index contributed by atoms with van der Waals surface area (Å²) in [4.78, 5) is 20.2. The molecule has 58 valence electrons. The van der Waals surface area contributed by atoms with Gasteiger partial charge in [0.1, 0.15) is 5.56 Å². The first-order chi connectivity index (χ1) is 5.25. The summed E-state index contributed by atoms with van der Waals surface area (Å²) in [5, 5.41) is 11.4. The lowest BCUT2D eigenvalue weighted by molar-refractivity contribution is -0.120. The van der Waals surface area contributed by atoms with Crippen LogP contribution in [0.2, 0.25) is 0 Å². The molecule has 0 fully saturated rings. The van der Waals surface area contributed by atoms with Crippen LogP contribution in [0.3, 0.4) is 0 Å². The summed E-state index contributed by atoms with van der Waals surface area (Å²) in [5.74, 6) is -0.999. The number of carboxylic acids is 1. The van der Waals surface area contributed by atoms with E-state index < -0.39 is 5.97 Å². The van der Waals surface area contributed by atoms with Crippen LogP contribution in [0.15, 0.2) is 10.8 Å². The first-order valence-corrected chi connectivity index (χ1v) is 3.59.